The number of rotatable bonds is 5. The molecule has 0 aliphatic carbocycles. The summed E-state index contributed by atoms with van der Waals surface area (Å²) in [6.45, 7) is 4.14. The Morgan fingerprint density at radius 1 is 1.00 bits per heavy atom. The lowest BCUT2D eigenvalue weighted by atomic mass is 10.0. The molecule has 1 amide bonds. The Hall–Kier alpha value is -2.98. The molecule has 1 heterocycles. The molecule has 150 valence electrons. The van der Waals surface area contributed by atoms with Gasteiger partial charge in [0, 0.05) is 15.4 Å². The molecule has 0 aliphatic rings. The Bertz CT molecular complexity index is 1190. The topological polar surface area (TPSA) is 42.0 Å². The molecule has 0 saturated heterocycles. The van der Waals surface area contributed by atoms with Crippen molar-refractivity contribution in [3.63, 3.8) is 0 Å². The van der Waals surface area contributed by atoms with Gasteiger partial charge in [-0.1, -0.05) is 83.0 Å². The average Bonchev–Trinajstić information content (AvgIpc) is 2.77. The van der Waals surface area contributed by atoms with Crippen LogP contribution in [-0.4, -0.2) is 10.9 Å². The Labute approximate surface area is 185 Å². The summed E-state index contributed by atoms with van der Waals surface area (Å²) in [5.74, 6) is -0.0930. The number of amides is 1. The van der Waals surface area contributed by atoms with E-state index in [1.165, 1.54) is 5.56 Å². The molecular weight excluding hydrogens is 436 g/mol. The maximum Gasteiger partial charge on any atom is 0.252 e. The van der Waals surface area contributed by atoms with Crippen LogP contribution in [0.5, 0.6) is 0 Å². The van der Waals surface area contributed by atoms with Gasteiger partial charge in [0.1, 0.15) is 0 Å². The molecule has 3 nitrogen and oxygen atoms in total. The molecule has 0 saturated carbocycles. The number of hydrogen-bond donors (Lipinski definition) is 1. The fourth-order valence-electron chi connectivity index (χ4n) is 3.60. The Morgan fingerprint density at radius 3 is 2.43 bits per heavy atom. The van der Waals surface area contributed by atoms with E-state index in [4.69, 9.17) is 4.98 Å². The molecule has 3 aromatic carbocycles. The summed E-state index contributed by atoms with van der Waals surface area (Å²) in [6.07, 6.45) is 0.813. The summed E-state index contributed by atoms with van der Waals surface area (Å²) in [4.78, 5) is 18.2. The molecule has 0 radical (unpaired) electrons. The Kier molecular flexibility index (Phi) is 5.96. The number of fused-ring (bicyclic) bond motifs is 1. The summed E-state index contributed by atoms with van der Waals surface area (Å²) < 4.78 is 0.920. The lowest BCUT2D eigenvalue weighted by Crippen LogP contribution is -2.28. The summed E-state index contributed by atoms with van der Waals surface area (Å²) in [5.41, 5.74) is 5.51. The van der Waals surface area contributed by atoms with E-state index in [0.717, 1.165) is 38.6 Å². The fourth-order valence-corrected chi connectivity index (χ4v) is 3.96. The van der Waals surface area contributed by atoms with E-state index in [1.807, 2.05) is 66.7 Å². The summed E-state index contributed by atoms with van der Waals surface area (Å²) in [6, 6.07) is 26.0. The van der Waals surface area contributed by atoms with Crippen LogP contribution in [0.1, 0.15) is 40.9 Å². The molecule has 30 heavy (non-hydrogen) atoms. The number of halogens is 1. The standard InChI is InChI=1S/C26H23BrN2O/c1-3-23(18-7-5-4-6-8-18)29-26(30)22-16-25(19-11-9-17(2)10-12-19)28-24-14-13-20(27)15-21(22)24/h4-16,23H,3H2,1-2H3,(H,29,30). The average molecular weight is 459 g/mol. The van der Waals surface area contributed by atoms with Crippen LogP contribution in [0.15, 0.2) is 83.3 Å². The molecule has 1 aromatic heterocycles. The predicted molar refractivity (Wildman–Crippen MR) is 127 cm³/mol. The van der Waals surface area contributed by atoms with Crippen molar-refractivity contribution in [3.8, 4) is 11.3 Å². The molecule has 0 fully saturated rings. The van der Waals surface area contributed by atoms with Gasteiger partial charge >= 0.3 is 0 Å². The van der Waals surface area contributed by atoms with Crippen LogP contribution in [0.3, 0.4) is 0 Å². The third kappa shape index (κ3) is 4.29. The summed E-state index contributed by atoms with van der Waals surface area (Å²) in [7, 11) is 0. The van der Waals surface area contributed by atoms with Gasteiger partial charge < -0.3 is 5.32 Å². The number of aryl methyl sites for hydroxylation is 1. The van der Waals surface area contributed by atoms with Crippen LogP contribution < -0.4 is 5.32 Å². The van der Waals surface area contributed by atoms with Gasteiger partial charge in [-0.3, -0.25) is 4.79 Å². The van der Waals surface area contributed by atoms with Crippen molar-refractivity contribution in [1.29, 1.82) is 0 Å². The maximum atomic E-state index is 13.4. The van der Waals surface area contributed by atoms with E-state index in [-0.39, 0.29) is 11.9 Å². The van der Waals surface area contributed by atoms with Gasteiger partial charge in [0.25, 0.3) is 5.91 Å². The van der Waals surface area contributed by atoms with Crippen molar-refractivity contribution in [2.45, 2.75) is 26.3 Å². The first-order valence-electron chi connectivity index (χ1n) is 10.1. The van der Waals surface area contributed by atoms with Crippen LogP contribution in [0, 0.1) is 6.92 Å². The first-order chi connectivity index (χ1) is 14.5. The molecule has 0 spiro atoms. The summed E-state index contributed by atoms with van der Waals surface area (Å²) >= 11 is 3.53. The Balaban J connectivity index is 1.78. The SMILES string of the molecule is CCC(NC(=O)c1cc(-c2ccc(C)cc2)nc2ccc(Br)cc12)c1ccccc1. The molecule has 1 unspecified atom stereocenters. The van der Waals surface area contributed by atoms with Crippen LogP contribution in [0.2, 0.25) is 0 Å². The number of nitrogens with one attached hydrogen (secondary N) is 1. The zero-order valence-electron chi connectivity index (χ0n) is 17.0. The van der Waals surface area contributed by atoms with E-state index in [9.17, 15) is 4.79 Å². The van der Waals surface area contributed by atoms with Gasteiger partial charge in [-0.05, 0) is 43.2 Å². The molecule has 0 aliphatic heterocycles. The number of carbonyl (C=O) groups is 1. The smallest absolute Gasteiger partial charge is 0.252 e. The number of nitrogens with zero attached hydrogens (tertiary/aromatic N) is 1. The zero-order chi connectivity index (χ0) is 21.1. The Morgan fingerprint density at radius 2 is 1.73 bits per heavy atom. The van der Waals surface area contributed by atoms with Gasteiger partial charge in [0.2, 0.25) is 0 Å². The highest BCUT2D eigenvalue weighted by atomic mass is 79.9. The lowest BCUT2D eigenvalue weighted by Gasteiger charge is -2.18. The summed E-state index contributed by atoms with van der Waals surface area (Å²) in [5, 5.41) is 4.05. The molecule has 1 atom stereocenters. The third-order valence-corrected chi connectivity index (χ3v) is 5.77. The van der Waals surface area contributed by atoms with E-state index >= 15 is 0 Å². The predicted octanol–water partition coefficient (Wildman–Crippen LogP) is 6.85. The second-order valence-corrected chi connectivity index (χ2v) is 8.34. The van der Waals surface area contributed by atoms with Gasteiger partial charge in [0.15, 0.2) is 0 Å². The number of aromatic nitrogens is 1. The van der Waals surface area contributed by atoms with Gasteiger partial charge in [-0.15, -0.1) is 0 Å². The fraction of sp³-hybridized carbons (Fsp3) is 0.154. The van der Waals surface area contributed by atoms with E-state index in [1.54, 1.807) is 0 Å². The largest absolute Gasteiger partial charge is 0.345 e. The third-order valence-electron chi connectivity index (χ3n) is 5.28. The second kappa shape index (κ2) is 8.80. The first-order valence-corrected chi connectivity index (χ1v) is 10.9. The molecule has 4 aromatic rings. The number of benzene rings is 3. The first kappa shape index (κ1) is 20.3. The number of pyridine rings is 1. The molecule has 4 rings (SSSR count). The van der Waals surface area contributed by atoms with Crippen LogP contribution in [0.4, 0.5) is 0 Å². The zero-order valence-corrected chi connectivity index (χ0v) is 18.6. The monoisotopic (exact) mass is 458 g/mol. The van der Waals surface area contributed by atoms with Crippen molar-refractivity contribution >= 4 is 32.7 Å². The van der Waals surface area contributed by atoms with Crippen molar-refractivity contribution in [2.24, 2.45) is 0 Å². The highest BCUT2D eigenvalue weighted by Gasteiger charge is 2.18. The second-order valence-electron chi connectivity index (χ2n) is 7.43. The van der Waals surface area contributed by atoms with Crippen LogP contribution >= 0.6 is 15.9 Å². The normalized spacial score (nSPS) is 12.0. The molecular formula is C26H23BrN2O. The number of hydrogen-bond acceptors (Lipinski definition) is 2. The number of carbonyl (C=O) groups excluding carboxylic acids is 1. The maximum absolute atomic E-state index is 13.4. The minimum atomic E-state index is -0.0930. The van der Waals surface area contributed by atoms with E-state index in [0.29, 0.717) is 5.56 Å². The lowest BCUT2D eigenvalue weighted by molar-refractivity contribution is 0.0937. The minimum Gasteiger partial charge on any atom is -0.345 e. The minimum absolute atomic E-state index is 0.0445. The highest BCUT2D eigenvalue weighted by molar-refractivity contribution is 9.10. The quantitative estimate of drug-likeness (QED) is 0.355. The molecule has 4 heteroatoms. The molecule has 0 bridgehead atoms. The van der Waals surface area contributed by atoms with Gasteiger partial charge in [-0.2, -0.15) is 0 Å². The van der Waals surface area contributed by atoms with Crippen molar-refractivity contribution in [1.82, 2.24) is 10.3 Å². The van der Waals surface area contributed by atoms with Crippen molar-refractivity contribution < 1.29 is 4.79 Å². The van der Waals surface area contributed by atoms with Crippen molar-refractivity contribution in [3.05, 3.63) is 100 Å². The van der Waals surface area contributed by atoms with Gasteiger partial charge in [0.05, 0.1) is 22.8 Å². The van der Waals surface area contributed by atoms with Crippen LogP contribution in [-0.2, 0) is 0 Å². The van der Waals surface area contributed by atoms with E-state index in [2.05, 4.69) is 47.2 Å². The van der Waals surface area contributed by atoms with Gasteiger partial charge in [-0.25, -0.2) is 4.98 Å². The highest BCUT2D eigenvalue weighted by Crippen LogP contribution is 2.28. The van der Waals surface area contributed by atoms with Crippen molar-refractivity contribution in [2.75, 3.05) is 0 Å². The molecule has 1 N–H and O–H groups in total. The van der Waals surface area contributed by atoms with E-state index < -0.39 is 0 Å². The van der Waals surface area contributed by atoms with Crippen LogP contribution in [0.25, 0.3) is 22.2 Å².